The first-order valence-electron chi connectivity index (χ1n) is 7.82. The Morgan fingerprint density at radius 2 is 2.12 bits per heavy atom. The molecule has 0 aromatic carbocycles. The van der Waals surface area contributed by atoms with E-state index in [2.05, 4.69) is 10.4 Å². The van der Waals surface area contributed by atoms with Crippen LogP contribution in [0.15, 0.2) is 24.4 Å². The van der Waals surface area contributed by atoms with E-state index in [-0.39, 0.29) is 6.04 Å². The molecule has 130 valence electrons. The summed E-state index contributed by atoms with van der Waals surface area (Å²) in [4.78, 5) is 30.0. The molecule has 0 spiro atoms. The van der Waals surface area contributed by atoms with Crippen LogP contribution in [0.5, 0.6) is 0 Å². The minimum absolute atomic E-state index is 0.0836. The fourth-order valence-corrected chi connectivity index (χ4v) is 3.36. The molecule has 3 rings (SSSR count). The summed E-state index contributed by atoms with van der Waals surface area (Å²) >= 11 is 1.59. The SMILES string of the molecule is Cc1ccc(-c2cc(C(=O)NCC(=O)O)c3cnn(C(C)C)c3n2)s1. The van der Waals surface area contributed by atoms with Crippen LogP contribution in [0.1, 0.15) is 35.1 Å². The largest absolute Gasteiger partial charge is 0.480 e. The molecule has 0 unspecified atom stereocenters. The Balaban J connectivity index is 2.16. The lowest BCUT2D eigenvalue weighted by Crippen LogP contribution is -2.29. The molecule has 3 heterocycles. The van der Waals surface area contributed by atoms with Gasteiger partial charge in [0.25, 0.3) is 5.91 Å². The Morgan fingerprint density at radius 3 is 2.72 bits per heavy atom. The minimum atomic E-state index is -1.09. The third-order valence-electron chi connectivity index (χ3n) is 3.69. The highest BCUT2D eigenvalue weighted by atomic mass is 32.1. The first kappa shape index (κ1) is 17.1. The highest BCUT2D eigenvalue weighted by Gasteiger charge is 2.19. The number of carboxylic acid groups (broad SMARTS) is 1. The van der Waals surface area contributed by atoms with Crippen LogP contribution in [0.25, 0.3) is 21.6 Å². The van der Waals surface area contributed by atoms with Crippen LogP contribution in [-0.4, -0.2) is 38.3 Å². The second kappa shape index (κ2) is 6.64. The van der Waals surface area contributed by atoms with Crippen molar-refractivity contribution in [2.75, 3.05) is 6.54 Å². The van der Waals surface area contributed by atoms with Crippen molar-refractivity contribution < 1.29 is 14.7 Å². The summed E-state index contributed by atoms with van der Waals surface area (Å²) in [7, 11) is 0. The number of amides is 1. The van der Waals surface area contributed by atoms with Crippen molar-refractivity contribution in [2.45, 2.75) is 26.8 Å². The summed E-state index contributed by atoms with van der Waals surface area (Å²) < 4.78 is 1.76. The fourth-order valence-electron chi connectivity index (χ4n) is 2.53. The topological polar surface area (TPSA) is 97.1 Å². The first-order valence-corrected chi connectivity index (χ1v) is 8.63. The van der Waals surface area contributed by atoms with Gasteiger partial charge in [0.15, 0.2) is 5.65 Å². The molecule has 0 fully saturated rings. The van der Waals surface area contributed by atoms with E-state index < -0.39 is 18.4 Å². The van der Waals surface area contributed by atoms with Gasteiger partial charge in [-0.3, -0.25) is 9.59 Å². The van der Waals surface area contributed by atoms with Gasteiger partial charge >= 0.3 is 5.97 Å². The molecule has 0 saturated carbocycles. The van der Waals surface area contributed by atoms with Gasteiger partial charge in [0, 0.05) is 10.9 Å². The molecule has 0 aliphatic carbocycles. The lowest BCUT2D eigenvalue weighted by atomic mass is 10.1. The zero-order valence-electron chi connectivity index (χ0n) is 14.1. The fraction of sp³-hybridized carbons (Fsp3) is 0.294. The molecular formula is C17H18N4O3S. The van der Waals surface area contributed by atoms with Crippen LogP contribution in [0.3, 0.4) is 0 Å². The first-order chi connectivity index (χ1) is 11.9. The molecule has 25 heavy (non-hydrogen) atoms. The van der Waals surface area contributed by atoms with Crippen LogP contribution in [0.2, 0.25) is 0 Å². The Kier molecular flexibility index (Phi) is 4.54. The van der Waals surface area contributed by atoms with Crippen molar-refractivity contribution in [1.29, 1.82) is 0 Å². The number of thiophene rings is 1. The molecule has 3 aromatic rings. The van der Waals surface area contributed by atoms with E-state index in [9.17, 15) is 9.59 Å². The van der Waals surface area contributed by atoms with Crippen LogP contribution in [0, 0.1) is 6.92 Å². The molecule has 0 radical (unpaired) electrons. The second-order valence-corrected chi connectivity index (χ2v) is 7.25. The standard InChI is InChI=1S/C17H18N4O3S/c1-9(2)21-16-12(7-19-21)11(17(24)18-8-15(22)23)6-13(20-16)14-5-4-10(3)25-14/h4-7,9H,8H2,1-3H3,(H,18,24)(H,22,23). The minimum Gasteiger partial charge on any atom is -0.480 e. The van der Waals surface area contributed by atoms with Gasteiger partial charge in [-0.25, -0.2) is 9.67 Å². The van der Waals surface area contributed by atoms with Gasteiger partial charge in [0.05, 0.1) is 27.7 Å². The Morgan fingerprint density at radius 1 is 1.36 bits per heavy atom. The van der Waals surface area contributed by atoms with E-state index in [1.54, 1.807) is 28.3 Å². The van der Waals surface area contributed by atoms with Gasteiger partial charge in [-0.2, -0.15) is 5.10 Å². The van der Waals surface area contributed by atoms with Crippen molar-refractivity contribution in [2.24, 2.45) is 0 Å². The van der Waals surface area contributed by atoms with Gasteiger partial charge < -0.3 is 10.4 Å². The molecule has 7 nitrogen and oxygen atoms in total. The molecule has 2 N–H and O–H groups in total. The third kappa shape index (κ3) is 3.39. The number of aromatic nitrogens is 3. The summed E-state index contributed by atoms with van der Waals surface area (Å²) in [5.74, 6) is -1.54. The van der Waals surface area contributed by atoms with Crippen LogP contribution in [0.4, 0.5) is 0 Å². The molecule has 8 heteroatoms. The number of nitrogens with one attached hydrogen (secondary N) is 1. The zero-order chi connectivity index (χ0) is 18.1. The van der Waals surface area contributed by atoms with Crippen molar-refractivity contribution in [3.05, 3.63) is 34.8 Å². The van der Waals surface area contributed by atoms with E-state index in [1.165, 1.54) is 0 Å². The van der Waals surface area contributed by atoms with Crippen LogP contribution < -0.4 is 5.32 Å². The van der Waals surface area contributed by atoms with E-state index in [0.29, 0.717) is 22.3 Å². The summed E-state index contributed by atoms with van der Waals surface area (Å²) in [5.41, 5.74) is 1.66. The number of carboxylic acids is 1. The van der Waals surface area contributed by atoms with Gasteiger partial charge in [0.2, 0.25) is 0 Å². The average molecular weight is 358 g/mol. The van der Waals surface area contributed by atoms with Crippen LogP contribution in [-0.2, 0) is 4.79 Å². The monoisotopic (exact) mass is 358 g/mol. The third-order valence-corrected chi connectivity index (χ3v) is 4.72. The van der Waals surface area contributed by atoms with E-state index >= 15 is 0 Å². The lowest BCUT2D eigenvalue weighted by Gasteiger charge is -2.10. The number of aliphatic carboxylic acids is 1. The average Bonchev–Trinajstić information content (AvgIpc) is 3.17. The zero-order valence-corrected chi connectivity index (χ0v) is 14.9. The number of hydrogen-bond donors (Lipinski definition) is 2. The smallest absolute Gasteiger partial charge is 0.322 e. The van der Waals surface area contributed by atoms with Gasteiger partial charge in [-0.1, -0.05) is 0 Å². The maximum Gasteiger partial charge on any atom is 0.322 e. The van der Waals surface area contributed by atoms with E-state index in [4.69, 9.17) is 10.1 Å². The van der Waals surface area contributed by atoms with Crippen molar-refractivity contribution in [3.8, 4) is 10.6 Å². The summed E-state index contributed by atoms with van der Waals surface area (Å²) in [6, 6.07) is 5.73. The molecule has 0 bridgehead atoms. The molecule has 0 saturated heterocycles. The number of pyridine rings is 1. The van der Waals surface area contributed by atoms with E-state index in [1.807, 2.05) is 32.9 Å². The Hall–Kier alpha value is -2.74. The number of carbonyl (C=O) groups excluding carboxylic acids is 1. The molecule has 0 aliphatic rings. The molecule has 1 amide bonds. The summed E-state index contributed by atoms with van der Waals surface area (Å²) in [5, 5.41) is 16.1. The van der Waals surface area contributed by atoms with Crippen molar-refractivity contribution in [1.82, 2.24) is 20.1 Å². The van der Waals surface area contributed by atoms with E-state index in [0.717, 1.165) is 9.75 Å². The maximum absolute atomic E-state index is 12.5. The van der Waals surface area contributed by atoms with Gasteiger partial charge in [-0.05, 0) is 39.0 Å². The van der Waals surface area contributed by atoms with Gasteiger partial charge in [0.1, 0.15) is 6.54 Å². The molecule has 3 aromatic heterocycles. The van der Waals surface area contributed by atoms with Crippen molar-refractivity contribution in [3.63, 3.8) is 0 Å². The predicted molar refractivity (Wildman–Crippen MR) is 95.9 cm³/mol. The highest BCUT2D eigenvalue weighted by Crippen LogP contribution is 2.30. The quantitative estimate of drug-likeness (QED) is 0.731. The molecule has 0 atom stereocenters. The Bertz CT molecular complexity index is 958. The number of hydrogen-bond acceptors (Lipinski definition) is 5. The van der Waals surface area contributed by atoms with Crippen molar-refractivity contribution >= 4 is 34.2 Å². The normalized spacial score (nSPS) is 11.2. The molecule has 0 aliphatic heterocycles. The number of rotatable bonds is 5. The summed E-state index contributed by atoms with van der Waals surface area (Å²) in [6.07, 6.45) is 1.60. The number of aryl methyl sites for hydroxylation is 1. The van der Waals surface area contributed by atoms with Gasteiger partial charge in [-0.15, -0.1) is 11.3 Å². The Labute approximate surface area is 148 Å². The van der Waals surface area contributed by atoms with Crippen LogP contribution >= 0.6 is 11.3 Å². The second-order valence-electron chi connectivity index (χ2n) is 5.96. The lowest BCUT2D eigenvalue weighted by molar-refractivity contribution is -0.135. The number of carbonyl (C=O) groups is 2. The predicted octanol–water partition coefficient (Wildman–Crippen LogP) is 2.86. The highest BCUT2D eigenvalue weighted by molar-refractivity contribution is 7.15. The maximum atomic E-state index is 12.5. The summed E-state index contributed by atoms with van der Waals surface area (Å²) in [6.45, 7) is 5.54. The molecular weight excluding hydrogens is 340 g/mol. The number of fused-ring (bicyclic) bond motifs is 1. The number of nitrogens with zero attached hydrogens (tertiary/aromatic N) is 3.